The van der Waals surface area contributed by atoms with E-state index in [4.69, 9.17) is 10.00 Å². The second-order valence-electron chi connectivity index (χ2n) is 5.42. The Morgan fingerprint density at radius 3 is 2.44 bits per heavy atom. The smallest absolute Gasteiger partial charge is 0.187 e. The zero-order valence-electron chi connectivity index (χ0n) is 11.5. The summed E-state index contributed by atoms with van der Waals surface area (Å²) in [6, 6.07) is 2.08. The molecule has 0 aliphatic carbocycles. The summed E-state index contributed by atoms with van der Waals surface area (Å²) in [5, 5.41) is 21.4. The van der Waals surface area contributed by atoms with Crippen molar-refractivity contribution >= 4 is 11.3 Å². The normalized spacial score (nSPS) is 16.9. The molecule has 1 heterocycles. The first kappa shape index (κ1) is 15.1. The van der Waals surface area contributed by atoms with E-state index in [0.29, 0.717) is 5.69 Å². The Balaban J connectivity index is 2.84. The highest BCUT2D eigenvalue weighted by molar-refractivity contribution is 7.09. The highest BCUT2D eigenvalue weighted by Gasteiger charge is 2.24. The molecule has 0 radical (unpaired) electrons. The molecular formula is C13H20N2O2S. The average Bonchev–Trinajstić information content (AvgIpc) is 2.73. The van der Waals surface area contributed by atoms with Gasteiger partial charge in [0.2, 0.25) is 0 Å². The van der Waals surface area contributed by atoms with Gasteiger partial charge in [-0.15, -0.1) is 11.3 Å². The molecule has 3 atom stereocenters. The predicted octanol–water partition coefficient (Wildman–Crippen LogP) is 2.79. The lowest BCUT2D eigenvalue weighted by Gasteiger charge is -2.18. The molecule has 0 bridgehead atoms. The van der Waals surface area contributed by atoms with Crippen molar-refractivity contribution in [3.8, 4) is 6.07 Å². The second kappa shape index (κ2) is 5.79. The van der Waals surface area contributed by atoms with Crippen LogP contribution in [0.3, 0.4) is 0 Å². The van der Waals surface area contributed by atoms with Crippen molar-refractivity contribution in [2.75, 3.05) is 0 Å². The number of hydrogen-bond donors (Lipinski definition) is 1. The molecule has 1 N–H and O–H groups in total. The SMILES string of the molecule is CC(O)C(C)OC(C#N)c1csc(C(C)(C)C)n1. The maximum Gasteiger partial charge on any atom is 0.187 e. The fourth-order valence-electron chi connectivity index (χ4n) is 1.25. The van der Waals surface area contributed by atoms with Crippen molar-refractivity contribution in [1.29, 1.82) is 5.26 Å². The van der Waals surface area contributed by atoms with Gasteiger partial charge in [-0.2, -0.15) is 5.26 Å². The molecule has 5 heteroatoms. The summed E-state index contributed by atoms with van der Waals surface area (Å²) in [5.74, 6) is 0. The molecule has 1 aromatic heterocycles. The number of nitriles is 1. The van der Waals surface area contributed by atoms with Crippen LogP contribution in [0, 0.1) is 11.3 Å². The fourth-order valence-corrected chi connectivity index (χ4v) is 2.17. The molecule has 0 saturated carbocycles. The van der Waals surface area contributed by atoms with E-state index in [1.54, 1.807) is 13.8 Å². The molecule has 0 spiro atoms. The van der Waals surface area contributed by atoms with E-state index >= 15 is 0 Å². The molecule has 4 nitrogen and oxygen atoms in total. The van der Waals surface area contributed by atoms with E-state index in [9.17, 15) is 5.11 Å². The van der Waals surface area contributed by atoms with Crippen LogP contribution in [-0.2, 0) is 10.2 Å². The lowest BCUT2D eigenvalue weighted by Crippen LogP contribution is -2.24. The van der Waals surface area contributed by atoms with Crippen molar-refractivity contribution < 1.29 is 9.84 Å². The topological polar surface area (TPSA) is 66.1 Å². The van der Waals surface area contributed by atoms with Gasteiger partial charge < -0.3 is 9.84 Å². The molecule has 0 aliphatic rings. The molecule has 18 heavy (non-hydrogen) atoms. The number of thiazole rings is 1. The number of rotatable bonds is 4. The molecule has 1 aromatic rings. The van der Waals surface area contributed by atoms with Crippen molar-refractivity contribution in [1.82, 2.24) is 4.98 Å². The van der Waals surface area contributed by atoms with Crippen molar-refractivity contribution in [2.45, 2.75) is 58.3 Å². The summed E-state index contributed by atoms with van der Waals surface area (Å²) < 4.78 is 5.51. The van der Waals surface area contributed by atoms with Gasteiger partial charge in [-0.3, -0.25) is 0 Å². The minimum Gasteiger partial charge on any atom is -0.391 e. The van der Waals surface area contributed by atoms with E-state index in [2.05, 4.69) is 31.8 Å². The van der Waals surface area contributed by atoms with Crippen molar-refractivity contribution in [2.24, 2.45) is 0 Å². The van der Waals surface area contributed by atoms with Crippen LogP contribution < -0.4 is 0 Å². The summed E-state index contributed by atoms with van der Waals surface area (Å²) in [6.45, 7) is 9.62. The minimum absolute atomic E-state index is 0.0290. The highest BCUT2D eigenvalue weighted by Crippen LogP contribution is 2.29. The van der Waals surface area contributed by atoms with Gasteiger partial charge in [-0.25, -0.2) is 4.98 Å². The van der Waals surface area contributed by atoms with Gasteiger partial charge in [0, 0.05) is 10.8 Å². The first-order chi connectivity index (χ1) is 8.25. The Morgan fingerprint density at radius 1 is 1.44 bits per heavy atom. The standard InChI is InChI=1S/C13H20N2O2S/c1-8(16)9(2)17-11(6-14)10-7-18-12(15-10)13(3,4)5/h7-9,11,16H,1-5H3. The third-order valence-electron chi connectivity index (χ3n) is 2.58. The average molecular weight is 268 g/mol. The summed E-state index contributed by atoms with van der Waals surface area (Å²) in [7, 11) is 0. The van der Waals surface area contributed by atoms with Crippen LogP contribution in [0.4, 0.5) is 0 Å². The van der Waals surface area contributed by atoms with E-state index in [-0.39, 0.29) is 5.41 Å². The predicted molar refractivity (Wildman–Crippen MR) is 71.4 cm³/mol. The number of aliphatic hydroxyl groups excluding tert-OH is 1. The Bertz CT molecular complexity index is 429. The number of ether oxygens (including phenoxy) is 1. The molecule has 0 aromatic carbocycles. The van der Waals surface area contributed by atoms with Gasteiger partial charge in [-0.1, -0.05) is 20.8 Å². The lowest BCUT2D eigenvalue weighted by atomic mass is 9.98. The molecule has 1 rings (SSSR count). The van der Waals surface area contributed by atoms with Crippen LogP contribution in [0.25, 0.3) is 0 Å². The Kier molecular flexibility index (Phi) is 4.85. The molecule has 100 valence electrons. The van der Waals surface area contributed by atoms with Gasteiger partial charge in [-0.05, 0) is 13.8 Å². The summed E-state index contributed by atoms with van der Waals surface area (Å²) >= 11 is 1.53. The van der Waals surface area contributed by atoms with Crippen molar-refractivity contribution in [3.63, 3.8) is 0 Å². The number of hydrogen-bond acceptors (Lipinski definition) is 5. The van der Waals surface area contributed by atoms with Crippen molar-refractivity contribution in [3.05, 3.63) is 16.1 Å². The largest absolute Gasteiger partial charge is 0.391 e. The van der Waals surface area contributed by atoms with E-state index in [1.807, 2.05) is 5.38 Å². The molecular weight excluding hydrogens is 248 g/mol. The first-order valence-corrected chi connectivity index (χ1v) is 6.82. The maximum absolute atomic E-state index is 9.39. The Labute approximate surface area is 112 Å². The minimum atomic E-state index is -0.720. The second-order valence-corrected chi connectivity index (χ2v) is 6.28. The zero-order chi connectivity index (χ0) is 13.9. The molecule has 0 aliphatic heterocycles. The van der Waals surface area contributed by atoms with Crippen LogP contribution in [-0.4, -0.2) is 22.3 Å². The van der Waals surface area contributed by atoms with Crippen LogP contribution >= 0.6 is 11.3 Å². The molecule has 3 unspecified atom stereocenters. The highest BCUT2D eigenvalue weighted by atomic mass is 32.1. The Hall–Kier alpha value is -0.960. The summed E-state index contributed by atoms with van der Waals surface area (Å²) in [6.07, 6.45) is -1.72. The van der Waals surface area contributed by atoms with Crippen LogP contribution in [0.2, 0.25) is 0 Å². The van der Waals surface area contributed by atoms with Crippen LogP contribution in [0.5, 0.6) is 0 Å². The van der Waals surface area contributed by atoms with Gasteiger partial charge in [0.15, 0.2) is 6.10 Å². The van der Waals surface area contributed by atoms with Gasteiger partial charge in [0.25, 0.3) is 0 Å². The third kappa shape index (κ3) is 3.77. The lowest BCUT2D eigenvalue weighted by molar-refractivity contribution is -0.0437. The van der Waals surface area contributed by atoms with E-state index in [1.165, 1.54) is 11.3 Å². The Morgan fingerprint density at radius 2 is 2.06 bits per heavy atom. The van der Waals surface area contributed by atoms with Gasteiger partial charge in [0.05, 0.1) is 22.9 Å². The summed E-state index contributed by atoms with van der Waals surface area (Å²) in [5.41, 5.74) is 0.596. The number of aromatic nitrogens is 1. The number of nitrogens with zero attached hydrogens (tertiary/aromatic N) is 2. The third-order valence-corrected chi connectivity index (χ3v) is 3.87. The zero-order valence-corrected chi connectivity index (χ0v) is 12.3. The summed E-state index contributed by atoms with van der Waals surface area (Å²) in [4.78, 5) is 4.45. The van der Waals surface area contributed by atoms with Gasteiger partial charge in [0.1, 0.15) is 6.07 Å². The van der Waals surface area contributed by atoms with Crippen LogP contribution in [0.1, 0.15) is 51.4 Å². The molecule has 0 amide bonds. The maximum atomic E-state index is 9.39. The molecule has 0 saturated heterocycles. The fraction of sp³-hybridized carbons (Fsp3) is 0.692. The van der Waals surface area contributed by atoms with E-state index in [0.717, 1.165) is 5.01 Å². The quantitative estimate of drug-likeness (QED) is 0.912. The van der Waals surface area contributed by atoms with Crippen LogP contribution in [0.15, 0.2) is 5.38 Å². The number of aliphatic hydroxyl groups is 1. The van der Waals surface area contributed by atoms with E-state index < -0.39 is 18.3 Å². The monoisotopic (exact) mass is 268 g/mol. The first-order valence-electron chi connectivity index (χ1n) is 5.94. The molecule has 0 fully saturated rings. The van der Waals surface area contributed by atoms with Gasteiger partial charge >= 0.3 is 0 Å².